The summed E-state index contributed by atoms with van der Waals surface area (Å²) in [5.41, 5.74) is 6.09. The predicted octanol–water partition coefficient (Wildman–Crippen LogP) is 2.70. The van der Waals surface area contributed by atoms with E-state index in [1.54, 1.807) is 32.0 Å². The Balaban J connectivity index is 1.54. The maximum atomic E-state index is 15.5. The van der Waals surface area contributed by atoms with E-state index in [2.05, 4.69) is 20.0 Å². The molecule has 16 heteroatoms. The van der Waals surface area contributed by atoms with Crippen LogP contribution in [0.4, 0.5) is 10.2 Å². The van der Waals surface area contributed by atoms with Crippen molar-refractivity contribution in [2.45, 2.75) is 56.5 Å². The van der Waals surface area contributed by atoms with Gasteiger partial charge in [0, 0.05) is 0 Å². The van der Waals surface area contributed by atoms with E-state index in [1.807, 2.05) is 0 Å². The van der Waals surface area contributed by atoms with Crippen LogP contribution in [0.2, 0.25) is 0 Å². The molecule has 0 saturated carbocycles. The van der Waals surface area contributed by atoms with E-state index in [4.69, 9.17) is 35.9 Å². The molecule has 4 rings (SSSR count). The molecule has 6 atom stereocenters. The average molecular weight is 573 g/mol. The Hall–Kier alpha value is -2.87. The van der Waals surface area contributed by atoms with Crippen molar-refractivity contribution in [3.63, 3.8) is 0 Å². The second-order valence-corrected chi connectivity index (χ2v) is 11.0. The minimum atomic E-state index is -4.30. The predicted molar refractivity (Wildman–Crippen MR) is 134 cm³/mol. The molecule has 1 aliphatic heterocycles. The number of para-hydroxylation sites is 1. The summed E-state index contributed by atoms with van der Waals surface area (Å²) in [6.07, 6.45) is -3.01. The minimum absolute atomic E-state index is 0.0568. The van der Waals surface area contributed by atoms with Crippen LogP contribution in [0.5, 0.6) is 5.75 Å². The fourth-order valence-electron chi connectivity index (χ4n) is 3.65. The van der Waals surface area contributed by atoms with Crippen LogP contribution >= 0.6 is 19.3 Å². The largest absolute Gasteiger partial charge is 0.462 e. The Bertz CT molecular complexity index is 1330. The number of nitrogen functional groups attached to an aromatic ring is 1. The van der Waals surface area contributed by atoms with E-state index in [0.717, 1.165) is 10.9 Å². The number of aliphatic hydroxyl groups is 1. The van der Waals surface area contributed by atoms with E-state index in [0.29, 0.717) is 0 Å². The van der Waals surface area contributed by atoms with Crippen LogP contribution in [0.1, 0.15) is 27.0 Å². The number of nitrogens with zero attached hydrogens (tertiary/aromatic N) is 4. The number of anilines is 1. The maximum Gasteiger partial charge on any atom is 0.459 e. The molecule has 1 fully saturated rings. The van der Waals surface area contributed by atoms with Crippen molar-refractivity contribution in [3.8, 4) is 5.75 Å². The number of ether oxygens (including phenoxy) is 2. The van der Waals surface area contributed by atoms with Gasteiger partial charge in [0.25, 0.3) is 5.13 Å². The summed E-state index contributed by atoms with van der Waals surface area (Å²) >= 11 is 6.07. The topological polar surface area (TPSA) is 173 Å². The van der Waals surface area contributed by atoms with Crippen LogP contribution in [-0.4, -0.2) is 66.7 Å². The van der Waals surface area contributed by atoms with Gasteiger partial charge in [-0.15, -0.1) is 0 Å². The summed E-state index contributed by atoms with van der Waals surface area (Å²) in [5.74, 6) is -0.478. The molecule has 0 radical (unpaired) electrons. The van der Waals surface area contributed by atoms with Gasteiger partial charge in [0.2, 0.25) is 0 Å². The van der Waals surface area contributed by atoms with Gasteiger partial charge in [-0.1, -0.05) is 29.8 Å². The average Bonchev–Trinajstić information content (AvgIpc) is 3.37. The lowest BCUT2D eigenvalue weighted by Gasteiger charge is -2.25. The number of fused-ring (bicyclic) bond motifs is 1. The highest BCUT2D eigenvalue weighted by molar-refractivity contribution is 7.52. The zero-order valence-electron chi connectivity index (χ0n) is 20.6. The van der Waals surface area contributed by atoms with Crippen LogP contribution in [0.15, 0.2) is 43.0 Å². The molecule has 1 saturated heterocycles. The number of hydrogen-bond acceptors (Lipinski definition) is 11. The third-order valence-corrected chi connectivity index (χ3v) is 7.51. The third-order valence-electron chi connectivity index (χ3n) is 5.45. The van der Waals surface area contributed by atoms with Gasteiger partial charge in [-0.05, 0) is 32.9 Å². The molecule has 0 bridgehead atoms. The van der Waals surface area contributed by atoms with Crippen LogP contribution in [-0.2, 0) is 23.4 Å². The monoisotopic (exact) mass is 572 g/mol. The summed E-state index contributed by atoms with van der Waals surface area (Å²) in [4.78, 5) is 24.2. The van der Waals surface area contributed by atoms with Crippen molar-refractivity contribution in [3.05, 3.63) is 43.0 Å². The van der Waals surface area contributed by atoms with Crippen LogP contribution in [0.3, 0.4) is 0 Å². The van der Waals surface area contributed by atoms with Gasteiger partial charge in [0.1, 0.15) is 35.8 Å². The smallest absolute Gasteiger partial charge is 0.459 e. The number of halogens is 2. The van der Waals surface area contributed by atoms with Crippen LogP contribution in [0, 0.1) is 0 Å². The van der Waals surface area contributed by atoms with Gasteiger partial charge in [-0.3, -0.25) is 13.9 Å². The fraction of sp³-hybridized carbons (Fsp3) is 0.455. The van der Waals surface area contributed by atoms with Gasteiger partial charge in [-0.25, -0.2) is 23.9 Å². The lowest BCUT2D eigenvalue weighted by atomic mass is 10.1. The standard InChI is InChI=1S/C22H27ClFN6O7P/c1-12(2)35-20(32)13(3)29-38(33,37-14-7-5-4-6-8-14)34-9-15-17(31)22(23,24)21(36-15)30-11-28-16-18(25)26-10-27-19(16)30/h4-8,10-13,15,17,21,31H,9H2,1-3H3,(H,29,33)(H2,25,26,27). The van der Waals surface area contributed by atoms with Gasteiger partial charge < -0.3 is 24.8 Å². The second kappa shape index (κ2) is 11.1. The lowest BCUT2D eigenvalue weighted by molar-refractivity contribution is -0.149. The highest BCUT2D eigenvalue weighted by atomic mass is 35.5. The first-order chi connectivity index (χ1) is 17.9. The highest BCUT2D eigenvalue weighted by Gasteiger charge is 2.58. The lowest BCUT2D eigenvalue weighted by Crippen LogP contribution is -2.40. The van der Waals surface area contributed by atoms with Gasteiger partial charge in [0.15, 0.2) is 17.7 Å². The summed E-state index contributed by atoms with van der Waals surface area (Å²) in [6, 6.07) is 6.94. The summed E-state index contributed by atoms with van der Waals surface area (Å²) in [6.45, 7) is 4.10. The molecule has 0 amide bonds. The SMILES string of the molecule is CC(C)OC(=O)C(C)NP(=O)(OCC1OC(n2cnc3c(N)ncnc32)C(F)(Cl)C1O)Oc1ccccc1. The summed E-state index contributed by atoms with van der Waals surface area (Å²) in [7, 11) is -4.30. The second-order valence-electron chi connectivity index (χ2n) is 8.76. The number of esters is 1. The number of nitrogens with one attached hydrogen (secondary N) is 1. The zero-order chi connectivity index (χ0) is 27.7. The molecule has 0 spiro atoms. The number of alkyl halides is 2. The molecular formula is C22H27ClFN6O7P. The Morgan fingerprint density at radius 3 is 2.71 bits per heavy atom. The first kappa shape index (κ1) is 28.1. The van der Waals surface area contributed by atoms with Gasteiger partial charge >= 0.3 is 13.7 Å². The molecule has 38 heavy (non-hydrogen) atoms. The number of carbonyl (C=O) groups excluding carboxylic acids is 1. The molecule has 0 aliphatic carbocycles. The van der Waals surface area contributed by atoms with Gasteiger partial charge in [0.05, 0.1) is 19.0 Å². The molecule has 2 aromatic heterocycles. The Labute approximate surface area is 222 Å². The van der Waals surface area contributed by atoms with Crippen molar-refractivity contribution >= 4 is 42.3 Å². The molecule has 206 valence electrons. The molecule has 1 aromatic carbocycles. The number of hydrogen-bond donors (Lipinski definition) is 3. The van der Waals surface area contributed by atoms with E-state index < -0.39 is 56.0 Å². The van der Waals surface area contributed by atoms with Crippen molar-refractivity contribution < 1.29 is 37.4 Å². The number of imidazole rings is 1. The first-order valence-corrected chi connectivity index (χ1v) is 13.4. The number of rotatable bonds is 10. The van der Waals surface area contributed by atoms with Gasteiger partial charge in [-0.2, -0.15) is 5.09 Å². The van der Waals surface area contributed by atoms with Crippen LogP contribution in [0.25, 0.3) is 11.2 Å². The first-order valence-electron chi connectivity index (χ1n) is 11.5. The molecule has 3 aromatic rings. The Morgan fingerprint density at radius 2 is 2.03 bits per heavy atom. The van der Waals surface area contributed by atoms with Crippen molar-refractivity contribution in [1.29, 1.82) is 0 Å². The summed E-state index contributed by atoms with van der Waals surface area (Å²) in [5, 5.41) is 10.3. The quantitative estimate of drug-likeness (QED) is 0.184. The number of benzene rings is 1. The van der Waals surface area contributed by atoms with Crippen molar-refractivity contribution in [2.24, 2.45) is 0 Å². The molecule has 6 unspecified atom stereocenters. The third kappa shape index (κ3) is 5.90. The van der Waals surface area contributed by atoms with E-state index >= 15 is 4.39 Å². The number of nitrogens with two attached hydrogens (primary N) is 1. The molecule has 4 N–H and O–H groups in total. The van der Waals surface area contributed by atoms with E-state index in [9.17, 15) is 14.5 Å². The van der Waals surface area contributed by atoms with Crippen molar-refractivity contribution in [2.75, 3.05) is 12.3 Å². The maximum absolute atomic E-state index is 15.5. The molecule has 1 aliphatic rings. The molecule has 3 heterocycles. The van der Waals surface area contributed by atoms with Crippen LogP contribution < -0.4 is 15.3 Å². The molecule has 13 nitrogen and oxygen atoms in total. The highest BCUT2D eigenvalue weighted by Crippen LogP contribution is 2.49. The minimum Gasteiger partial charge on any atom is -0.462 e. The van der Waals surface area contributed by atoms with E-state index in [1.165, 1.54) is 25.4 Å². The number of aliphatic hydroxyl groups excluding tert-OH is 1. The Kier molecular flexibility index (Phi) is 8.21. The zero-order valence-corrected chi connectivity index (χ0v) is 22.3. The van der Waals surface area contributed by atoms with E-state index in [-0.39, 0.29) is 22.7 Å². The fourth-order valence-corrected chi connectivity index (χ4v) is 5.45. The number of aromatic nitrogens is 4. The molecular weight excluding hydrogens is 546 g/mol. The van der Waals surface area contributed by atoms with Crippen molar-refractivity contribution in [1.82, 2.24) is 24.6 Å². The number of carbonyl (C=O) groups is 1. The normalized spacial score (nSPS) is 25.8. The Morgan fingerprint density at radius 1 is 1.32 bits per heavy atom. The summed E-state index contributed by atoms with van der Waals surface area (Å²) < 4.78 is 52.2.